The molecule has 31 heavy (non-hydrogen) atoms. The maximum absolute atomic E-state index is 13.6. The lowest BCUT2D eigenvalue weighted by Crippen LogP contribution is -2.28. The molecule has 0 amide bonds. The van der Waals surface area contributed by atoms with E-state index in [1.165, 1.54) is 0 Å². The van der Waals surface area contributed by atoms with Gasteiger partial charge in [0, 0.05) is 40.2 Å². The molecule has 0 spiro atoms. The lowest BCUT2D eigenvalue weighted by atomic mass is 10.1. The maximum Gasteiger partial charge on any atom is 0.245 e. The minimum absolute atomic E-state index is 0.242. The zero-order chi connectivity index (χ0) is 21.6. The topological polar surface area (TPSA) is 106 Å². The first kappa shape index (κ1) is 20.0. The van der Waals surface area contributed by atoms with E-state index in [-0.39, 0.29) is 4.90 Å². The van der Waals surface area contributed by atoms with Gasteiger partial charge >= 0.3 is 0 Å². The summed E-state index contributed by atoms with van der Waals surface area (Å²) in [6, 6.07) is 14.8. The average Bonchev–Trinajstić information content (AvgIpc) is 3.52. The molecular formula is C22H18BrN5O2S. The fourth-order valence-corrected chi connectivity index (χ4v) is 6.16. The maximum atomic E-state index is 13.6. The molecule has 1 saturated heterocycles. The summed E-state index contributed by atoms with van der Waals surface area (Å²) in [5.74, 6) is 0.449. The van der Waals surface area contributed by atoms with Crippen LogP contribution in [0.5, 0.6) is 0 Å². The minimum Gasteiger partial charge on any atom is -0.351 e. The highest BCUT2D eigenvalue weighted by Gasteiger charge is 2.33. The largest absolute Gasteiger partial charge is 0.351 e. The highest BCUT2D eigenvalue weighted by molar-refractivity contribution is 9.10. The molecule has 2 N–H and O–H groups in total. The predicted octanol–water partition coefficient (Wildman–Crippen LogP) is 4.64. The van der Waals surface area contributed by atoms with Crippen LogP contribution in [-0.4, -0.2) is 40.8 Å². The first-order valence-corrected chi connectivity index (χ1v) is 12.1. The molecular weight excluding hydrogens is 478 g/mol. The van der Waals surface area contributed by atoms with E-state index in [9.17, 15) is 8.42 Å². The number of halogens is 1. The van der Waals surface area contributed by atoms with Crippen molar-refractivity contribution in [1.29, 1.82) is 5.26 Å². The Balaban J connectivity index is 1.67. The second-order valence-corrected chi connectivity index (χ2v) is 10.2. The monoisotopic (exact) mass is 495 g/mol. The second kappa shape index (κ2) is 7.64. The van der Waals surface area contributed by atoms with Gasteiger partial charge in [-0.1, -0.05) is 28.1 Å². The third kappa shape index (κ3) is 3.47. The summed E-state index contributed by atoms with van der Waals surface area (Å²) in [4.78, 5) is 11.3. The van der Waals surface area contributed by atoms with Crippen molar-refractivity contribution in [3.05, 3.63) is 58.7 Å². The van der Waals surface area contributed by atoms with Gasteiger partial charge in [0.05, 0.1) is 17.3 Å². The summed E-state index contributed by atoms with van der Waals surface area (Å²) in [6.45, 7) is 1.05. The molecule has 1 aliphatic rings. The van der Waals surface area contributed by atoms with Crippen molar-refractivity contribution in [3.63, 3.8) is 0 Å². The van der Waals surface area contributed by atoms with Crippen molar-refractivity contribution in [2.75, 3.05) is 13.1 Å². The summed E-state index contributed by atoms with van der Waals surface area (Å²) in [5, 5.41) is 9.63. The van der Waals surface area contributed by atoms with Crippen LogP contribution in [-0.2, 0) is 10.0 Å². The molecule has 0 saturated carbocycles. The molecule has 5 rings (SSSR count). The Kier molecular flexibility index (Phi) is 4.93. The summed E-state index contributed by atoms with van der Waals surface area (Å²) < 4.78 is 29.5. The number of H-pyrrole nitrogens is 2. The molecule has 1 aliphatic heterocycles. The normalized spacial score (nSPS) is 14.8. The van der Waals surface area contributed by atoms with Gasteiger partial charge in [0.2, 0.25) is 10.0 Å². The van der Waals surface area contributed by atoms with E-state index in [0.717, 1.165) is 28.4 Å². The Labute approximate surface area is 187 Å². The van der Waals surface area contributed by atoms with Crippen LogP contribution in [0.2, 0.25) is 0 Å². The number of benzene rings is 2. The van der Waals surface area contributed by atoms with Gasteiger partial charge in [-0.15, -0.1) is 0 Å². The standard InChI is InChI=1S/C22H18BrN5O2S/c23-16-7-8-18-17(11-16)21(31(29,30)28-9-1-2-10-28)20(26-18)22-25-13-19(27-22)15-5-3-14(12-24)4-6-15/h3-8,11,13,26H,1-2,9-10H2,(H,25,27). The van der Waals surface area contributed by atoms with E-state index < -0.39 is 10.0 Å². The van der Waals surface area contributed by atoms with E-state index >= 15 is 0 Å². The van der Waals surface area contributed by atoms with Gasteiger partial charge in [-0.25, -0.2) is 13.4 Å². The zero-order valence-electron chi connectivity index (χ0n) is 16.4. The van der Waals surface area contributed by atoms with Crippen LogP contribution in [0, 0.1) is 11.3 Å². The minimum atomic E-state index is -3.70. The number of nitrogens with zero attached hydrogens (tertiary/aromatic N) is 3. The fraction of sp³-hybridized carbons (Fsp3) is 0.182. The molecule has 0 atom stereocenters. The number of hydrogen-bond acceptors (Lipinski definition) is 4. The molecule has 0 aliphatic carbocycles. The molecule has 0 unspecified atom stereocenters. The van der Waals surface area contributed by atoms with Crippen molar-refractivity contribution in [2.45, 2.75) is 17.7 Å². The first-order valence-electron chi connectivity index (χ1n) is 9.85. The van der Waals surface area contributed by atoms with Crippen molar-refractivity contribution >= 4 is 36.9 Å². The third-order valence-electron chi connectivity index (χ3n) is 5.50. The first-order chi connectivity index (χ1) is 15.0. The van der Waals surface area contributed by atoms with E-state index in [2.05, 4.69) is 37.0 Å². The fourth-order valence-electron chi connectivity index (χ4n) is 3.94. The molecule has 4 aromatic rings. The van der Waals surface area contributed by atoms with Gasteiger partial charge < -0.3 is 9.97 Å². The van der Waals surface area contributed by atoms with Gasteiger partial charge in [-0.3, -0.25) is 0 Å². The molecule has 3 heterocycles. The summed E-state index contributed by atoms with van der Waals surface area (Å²) in [7, 11) is -3.70. The quantitative estimate of drug-likeness (QED) is 0.429. The number of hydrogen-bond donors (Lipinski definition) is 2. The summed E-state index contributed by atoms with van der Waals surface area (Å²) >= 11 is 3.46. The average molecular weight is 496 g/mol. The number of aromatic nitrogens is 3. The van der Waals surface area contributed by atoms with Crippen LogP contribution in [0.15, 0.2) is 58.0 Å². The molecule has 156 valence electrons. The number of imidazole rings is 1. The molecule has 7 nitrogen and oxygen atoms in total. The smallest absolute Gasteiger partial charge is 0.245 e. The third-order valence-corrected chi connectivity index (χ3v) is 7.98. The molecule has 0 bridgehead atoms. The second-order valence-electron chi connectivity index (χ2n) is 7.45. The number of fused-ring (bicyclic) bond motifs is 1. The Morgan fingerprint density at radius 1 is 1.10 bits per heavy atom. The van der Waals surface area contributed by atoms with Crippen molar-refractivity contribution in [2.24, 2.45) is 0 Å². The van der Waals surface area contributed by atoms with Crippen LogP contribution in [0.4, 0.5) is 0 Å². The van der Waals surface area contributed by atoms with Crippen LogP contribution in [0.1, 0.15) is 18.4 Å². The summed E-state index contributed by atoms with van der Waals surface area (Å²) in [5.41, 5.74) is 3.25. The molecule has 1 fully saturated rings. The number of nitrogens with one attached hydrogen (secondary N) is 2. The van der Waals surface area contributed by atoms with E-state index in [1.807, 2.05) is 30.3 Å². The van der Waals surface area contributed by atoms with Gasteiger partial charge in [-0.05, 0) is 43.2 Å². The van der Waals surface area contributed by atoms with Gasteiger partial charge in [0.25, 0.3) is 0 Å². The highest BCUT2D eigenvalue weighted by atomic mass is 79.9. The number of nitriles is 1. The number of sulfonamides is 1. The van der Waals surface area contributed by atoms with E-state index in [4.69, 9.17) is 5.26 Å². The predicted molar refractivity (Wildman–Crippen MR) is 122 cm³/mol. The number of rotatable bonds is 4. The van der Waals surface area contributed by atoms with Gasteiger partial charge in [0.15, 0.2) is 5.82 Å². The van der Waals surface area contributed by atoms with Gasteiger partial charge in [0.1, 0.15) is 10.6 Å². The zero-order valence-corrected chi connectivity index (χ0v) is 18.8. The van der Waals surface area contributed by atoms with E-state index in [1.54, 1.807) is 22.6 Å². The molecule has 2 aromatic carbocycles. The molecule has 9 heteroatoms. The lowest BCUT2D eigenvalue weighted by Gasteiger charge is -2.16. The SMILES string of the molecule is N#Cc1ccc(-c2c[nH]c(-c3[nH]c4ccc(Br)cc4c3S(=O)(=O)N3CCCC3)n2)cc1. The van der Waals surface area contributed by atoms with Crippen LogP contribution >= 0.6 is 15.9 Å². The molecule has 0 radical (unpaired) electrons. The van der Waals surface area contributed by atoms with Crippen molar-refractivity contribution < 1.29 is 8.42 Å². The van der Waals surface area contributed by atoms with Crippen LogP contribution < -0.4 is 0 Å². The highest BCUT2D eigenvalue weighted by Crippen LogP contribution is 2.37. The van der Waals surface area contributed by atoms with Crippen LogP contribution in [0.25, 0.3) is 33.7 Å². The number of aromatic amines is 2. The van der Waals surface area contributed by atoms with Gasteiger partial charge in [-0.2, -0.15) is 9.57 Å². The molecule has 2 aromatic heterocycles. The Hall–Kier alpha value is -2.93. The Bertz CT molecular complexity index is 1430. The Morgan fingerprint density at radius 3 is 2.55 bits per heavy atom. The van der Waals surface area contributed by atoms with E-state index in [0.29, 0.717) is 41.3 Å². The Morgan fingerprint density at radius 2 is 1.84 bits per heavy atom. The lowest BCUT2D eigenvalue weighted by molar-refractivity contribution is 0.478. The van der Waals surface area contributed by atoms with Crippen molar-refractivity contribution in [3.8, 4) is 28.8 Å². The summed E-state index contributed by atoms with van der Waals surface area (Å²) in [6.07, 6.45) is 3.47. The van der Waals surface area contributed by atoms with Crippen molar-refractivity contribution in [1.82, 2.24) is 19.3 Å². The van der Waals surface area contributed by atoms with Crippen LogP contribution in [0.3, 0.4) is 0 Å².